The summed E-state index contributed by atoms with van der Waals surface area (Å²) in [6, 6.07) is 14.4. The first-order valence-electron chi connectivity index (χ1n) is 7.20. The van der Waals surface area contributed by atoms with Crippen LogP contribution in [0, 0.1) is 0 Å². The molecule has 0 aliphatic heterocycles. The number of esters is 2. The van der Waals surface area contributed by atoms with Crippen molar-refractivity contribution in [2.45, 2.75) is 0 Å². The molecule has 3 N–H and O–H groups in total. The van der Waals surface area contributed by atoms with Crippen LogP contribution in [0.4, 0.5) is 5.88 Å². The maximum atomic E-state index is 12.0. The second-order valence-electron chi connectivity index (χ2n) is 5.00. The normalized spacial score (nSPS) is 10.2. The molecule has 0 radical (unpaired) electrons. The van der Waals surface area contributed by atoms with Gasteiger partial charge in [0.15, 0.2) is 5.88 Å². The van der Waals surface area contributed by atoms with Crippen LogP contribution in [-0.2, 0) is 0 Å². The summed E-state index contributed by atoms with van der Waals surface area (Å²) < 4.78 is 15.3. The van der Waals surface area contributed by atoms with Gasteiger partial charge in [0, 0.05) is 6.07 Å². The van der Waals surface area contributed by atoms with Crippen LogP contribution in [-0.4, -0.2) is 17.0 Å². The number of phenolic OH excluding ortho intramolecular Hbond substituents is 1. The quantitative estimate of drug-likeness (QED) is 0.555. The fourth-order valence-corrected chi connectivity index (χ4v) is 1.96. The summed E-state index contributed by atoms with van der Waals surface area (Å²) in [4.78, 5) is 23.8. The first kappa shape index (κ1) is 16.1. The molecule has 7 nitrogen and oxygen atoms in total. The highest BCUT2D eigenvalue weighted by atomic mass is 16.6. The first-order valence-corrected chi connectivity index (χ1v) is 7.20. The number of furan rings is 1. The van der Waals surface area contributed by atoms with E-state index in [1.807, 2.05) is 0 Å². The molecule has 3 rings (SSSR count). The van der Waals surface area contributed by atoms with E-state index >= 15 is 0 Å². The van der Waals surface area contributed by atoms with Crippen molar-refractivity contribution < 1.29 is 28.6 Å². The average Bonchev–Trinajstić information content (AvgIpc) is 3.04. The number of ether oxygens (including phenoxy) is 2. The third-order valence-electron chi connectivity index (χ3n) is 3.18. The van der Waals surface area contributed by atoms with Crippen molar-refractivity contribution in [2.24, 2.45) is 0 Å². The molecule has 2 aromatic carbocycles. The minimum atomic E-state index is -0.689. The van der Waals surface area contributed by atoms with Gasteiger partial charge in [-0.15, -0.1) is 0 Å². The topological polar surface area (TPSA) is 112 Å². The molecule has 126 valence electrons. The number of hydrogen-bond donors (Lipinski definition) is 2. The fraction of sp³-hybridized carbons (Fsp3) is 0. The predicted molar refractivity (Wildman–Crippen MR) is 87.6 cm³/mol. The Balaban J connectivity index is 1.63. The van der Waals surface area contributed by atoms with Gasteiger partial charge >= 0.3 is 11.9 Å². The minimum Gasteiger partial charge on any atom is -0.508 e. The Morgan fingerprint density at radius 2 is 1.36 bits per heavy atom. The third kappa shape index (κ3) is 3.97. The zero-order valence-electron chi connectivity index (χ0n) is 12.8. The number of carbonyl (C=O) groups excluding carboxylic acids is 2. The number of phenols is 1. The van der Waals surface area contributed by atoms with Crippen molar-refractivity contribution in [1.82, 2.24) is 0 Å². The van der Waals surface area contributed by atoms with Gasteiger partial charge in [-0.05, 0) is 54.6 Å². The molecule has 7 heteroatoms. The van der Waals surface area contributed by atoms with Crippen molar-refractivity contribution in [3.05, 3.63) is 72.0 Å². The van der Waals surface area contributed by atoms with Crippen LogP contribution in [0.2, 0.25) is 0 Å². The number of benzene rings is 2. The largest absolute Gasteiger partial charge is 0.508 e. The van der Waals surface area contributed by atoms with Crippen LogP contribution in [0.25, 0.3) is 0 Å². The van der Waals surface area contributed by atoms with E-state index in [0.29, 0.717) is 5.56 Å². The summed E-state index contributed by atoms with van der Waals surface area (Å²) in [5, 5.41) is 9.21. The van der Waals surface area contributed by atoms with Gasteiger partial charge in [0.25, 0.3) is 0 Å². The molecule has 0 saturated carbocycles. The molecule has 0 saturated heterocycles. The molecule has 3 aromatic rings. The molecule has 0 fully saturated rings. The molecular weight excluding hydrogens is 326 g/mol. The predicted octanol–water partition coefficient (Wildman–Crippen LogP) is 3.01. The molecule has 0 amide bonds. The molecule has 0 spiro atoms. The molecule has 25 heavy (non-hydrogen) atoms. The Kier molecular flexibility index (Phi) is 4.38. The van der Waals surface area contributed by atoms with Crippen molar-refractivity contribution in [3.8, 4) is 17.2 Å². The number of anilines is 1. The van der Waals surface area contributed by atoms with E-state index in [1.54, 1.807) is 0 Å². The van der Waals surface area contributed by atoms with Crippen LogP contribution in [0.3, 0.4) is 0 Å². The summed E-state index contributed by atoms with van der Waals surface area (Å²) in [7, 11) is 0. The monoisotopic (exact) mass is 339 g/mol. The second-order valence-corrected chi connectivity index (χ2v) is 5.00. The number of carbonyl (C=O) groups is 2. The highest BCUT2D eigenvalue weighted by Crippen LogP contribution is 2.21. The zero-order chi connectivity index (χ0) is 17.8. The maximum absolute atomic E-state index is 12.0. The highest BCUT2D eigenvalue weighted by Gasteiger charge is 2.13. The lowest BCUT2D eigenvalue weighted by Crippen LogP contribution is -2.09. The molecule has 1 heterocycles. The number of nitrogen functional groups attached to an aromatic ring is 1. The summed E-state index contributed by atoms with van der Waals surface area (Å²) >= 11 is 0. The molecular formula is C18H13NO6. The van der Waals surface area contributed by atoms with Gasteiger partial charge in [-0.2, -0.15) is 0 Å². The smallest absolute Gasteiger partial charge is 0.379 e. The Hall–Kier alpha value is -3.74. The maximum Gasteiger partial charge on any atom is 0.379 e. The van der Waals surface area contributed by atoms with Gasteiger partial charge in [-0.1, -0.05) is 0 Å². The van der Waals surface area contributed by atoms with Gasteiger partial charge in [0.1, 0.15) is 17.2 Å². The van der Waals surface area contributed by atoms with Crippen molar-refractivity contribution in [3.63, 3.8) is 0 Å². The highest BCUT2D eigenvalue weighted by molar-refractivity contribution is 5.91. The zero-order valence-corrected chi connectivity index (χ0v) is 12.8. The second kappa shape index (κ2) is 6.79. The minimum absolute atomic E-state index is 0.0136. The van der Waals surface area contributed by atoms with E-state index in [4.69, 9.17) is 19.6 Å². The first-order chi connectivity index (χ1) is 12.0. The van der Waals surface area contributed by atoms with Gasteiger partial charge in [0.2, 0.25) is 5.76 Å². The van der Waals surface area contributed by atoms with Crippen molar-refractivity contribution >= 4 is 17.8 Å². The standard InChI is InChI=1S/C18H13NO6/c19-16-10-9-15(25-16)18(22)24-14-7-5-13(6-8-14)23-17(21)11-1-3-12(20)4-2-11/h1-10,20H,19H2. The molecule has 0 aliphatic carbocycles. The summed E-state index contributed by atoms with van der Waals surface area (Å²) in [6.07, 6.45) is 0. The van der Waals surface area contributed by atoms with Crippen LogP contribution < -0.4 is 15.2 Å². The number of rotatable bonds is 4. The van der Waals surface area contributed by atoms with E-state index in [9.17, 15) is 14.7 Å². The lowest BCUT2D eigenvalue weighted by Gasteiger charge is -2.06. The lowest BCUT2D eigenvalue weighted by atomic mass is 10.2. The van der Waals surface area contributed by atoms with E-state index in [-0.39, 0.29) is 28.9 Å². The number of aromatic hydroxyl groups is 1. The average molecular weight is 339 g/mol. The lowest BCUT2D eigenvalue weighted by molar-refractivity contribution is 0.0696. The summed E-state index contributed by atoms with van der Waals surface area (Å²) in [6.45, 7) is 0. The van der Waals surface area contributed by atoms with Crippen molar-refractivity contribution in [1.29, 1.82) is 0 Å². The van der Waals surface area contributed by atoms with Gasteiger partial charge in [-0.3, -0.25) is 0 Å². The summed E-state index contributed by atoms with van der Waals surface area (Å²) in [5.41, 5.74) is 5.69. The number of hydrogen-bond acceptors (Lipinski definition) is 7. The Bertz CT molecular complexity index is 896. The van der Waals surface area contributed by atoms with Crippen molar-refractivity contribution in [2.75, 3.05) is 5.73 Å². The Labute approximate surface area is 142 Å². The number of nitrogens with two attached hydrogens (primary N) is 1. The van der Waals surface area contributed by atoms with E-state index < -0.39 is 11.9 Å². The van der Waals surface area contributed by atoms with E-state index in [2.05, 4.69) is 0 Å². The van der Waals surface area contributed by atoms with Gasteiger partial charge in [0.05, 0.1) is 5.56 Å². The van der Waals surface area contributed by atoms with Gasteiger partial charge < -0.3 is 24.7 Å². The third-order valence-corrected chi connectivity index (χ3v) is 3.18. The van der Waals surface area contributed by atoms with Crippen LogP contribution >= 0.6 is 0 Å². The SMILES string of the molecule is Nc1ccc(C(=O)Oc2ccc(OC(=O)c3ccc(O)cc3)cc2)o1. The molecule has 0 unspecified atom stereocenters. The fourth-order valence-electron chi connectivity index (χ4n) is 1.96. The molecule has 0 aliphatic rings. The van der Waals surface area contributed by atoms with Crippen LogP contribution in [0.5, 0.6) is 17.2 Å². The van der Waals surface area contributed by atoms with E-state index in [0.717, 1.165) is 0 Å². The Morgan fingerprint density at radius 1 is 0.800 bits per heavy atom. The van der Waals surface area contributed by atoms with E-state index in [1.165, 1.54) is 60.7 Å². The van der Waals surface area contributed by atoms with Gasteiger partial charge in [-0.25, -0.2) is 9.59 Å². The van der Waals surface area contributed by atoms with Crippen LogP contribution in [0.1, 0.15) is 20.9 Å². The molecule has 0 bridgehead atoms. The van der Waals surface area contributed by atoms with Crippen LogP contribution in [0.15, 0.2) is 65.1 Å². The Morgan fingerprint density at radius 3 is 1.88 bits per heavy atom. The summed E-state index contributed by atoms with van der Waals surface area (Å²) in [5.74, 6) is -0.573. The molecule has 1 aromatic heterocycles. The molecule has 0 atom stereocenters.